The van der Waals surface area contributed by atoms with Crippen LogP contribution in [0.4, 0.5) is 0 Å². The van der Waals surface area contributed by atoms with Gasteiger partial charge in [0.05, 0.1) is 5.69 Å². The van der Waals surface area contributed by atoms with Gasteiger partial charge in [-0.1, -0.05) is 19.4 Å². The minimum absolute atomic E-state index is 0.152. The summed E-state index contributed by atoms with van der Waals surface area (Å²) in [6.07, 6.45) is 4.13. The van der Waals surface area contributed by atoms with Gasteiger partial charge in [0.1, 0.15) is 0 Å². The molecule has 0 aromatic carbocycles. The van der Waals surface area contributed by atoms with Crippen LogP contribution in [-0.4, -0.2) is 21.9 Å². The van der Waals surface area contributed by atoms with Gasteiger partial charge in [-0.15, -0.1) is 0 Å². The topological polar surface area (TPSA) is 29.9 Å². The van der Waals surface area contributed by atoms with Crippen molar-refractivity contribution in [2.24, 2.45) is 5.92 Å². The van der Waals surface area contributed by atoms with Crippen LogP contribution in [0.3, 0.4) is 0 Å². The Morgan fingerprint density at radius 2 is 2.11 bits per heavy atom. The minimum atomic E-state index is 0.152. The molecule has 0 radical (unpaired) electrons. The average Bonchev–Trinajstić information content (AvgIpc) is 2.69. The second-order valence-electron chi connectivity index (χ2n) is 6.05. The Hall–Kier alpha value is -1.09. The Balaban J connectivity index is 2.85. The van der Waals surface area contributed by atoms with Gasteiger partial charge in [0.15, 0.2) is 0 Å². The first kappa shape index (κ1) is 15.0. The van der Waals surface area contributed by atoms with Crippen molar-refractivity contribution in [3.8, 4) is 0 Å². The number of aryl methyl sites for hydroxylation is 1. The van der Waals surface area contributed by atoms with Crippen LogP contribution in [0.15, 0.2) is 17.8 Å². The van der Waals surface area contributed by atoms with Crippen molar-refractivity contribution in [3.63, 3.8) is 0 Å². The number of hydrogen-bond donors (Lipinski definition) is 1. The number of nitrogens with zero attached hydrogens (tertiary/aromatic N) is 2. The molecule has 0 aliphatic rings. The quantitative estimate of drug-likeness (QED) is 0.867. The first-order valence-corrected chi connectivity index (χ1v) is 6.80. The van der Waals surface area contributed by atoms with Crippen LogP contribution in [0.2, 0.25) is 0 Å². The fourth-order valence-corrected chi connectivity index (χ4v) is 1.71. The van der Waals surface area contributed by atoms with E-state index in [1.54, 1.807) is 0 Å². The molecule has 0 saturated carbocycles. The lowest BCUT2D eigenvalue weighted by Gasteiger charge is -2.23. The lowest BCUT2D eigenvalue weighted by molar-refractivity contribution is 0.437. The molecule has 0 spiro atoms. The Morgan fingerprint density at radius 3 is 2.61 bits per heavy atom. The molecule has 0 unspecified atom stereocenters. The second kappa shape index (κ2) is 6.19. The van der Waals surface area contributed by atoms with Crippen molar-refractivity contribution < 1.29 is 0 Å². The summed E-state index contributed by atoms with van der Waals surface area (Å²) in [5.41, 5.74) is 2.76. The van der Waals surface area contributed by atoms with Gasteiger partial charge in [0, 0.05) is 24.8 Å². The van der Waals surface area contributed by atoms with Gasteiger partial charge < -0.3 is 5.32 Å². The number of aromatic nitrogens is 2. The van der Waals surface area contributed by atoms with E-state index in [0.29, 0.717) is 5.92 Å². The highest BCUT2D eigenvalue weighted by atomic mass is 15.3. The van der Waals surface area contributed by atoms with E-state index in [9.17, 15) is 0 Å². The van der Waals surface area contributed by atoms with Gasteiger partial charge in [0.25, 0.3) is 0 Å². The van der Waals surface area contributed by atoms with Crippen molar-refractivity contribution in [2.45, 2.75) is 53.6 Å². The van der Waals surface area contributed by atoms with Crippen LogP contribution in [0.25, 0.3) is 6.08 Å². The SMILES string of the molecule is CCn1nccc1/C=C(/CNC(C)(C)C)C(C)C. The summed E-state index contributed by atoms with van der Waals surface area (Å²) in [7, 11) is 0. The predicted molar refractivity (Wildman–Crippen MR) is 78.5 cm³/mol. The molecule has 0 amide bonds. The van der Waals surface area contributed by atoms with E-state index in [-0.39, 0.29) is 5.54 Å². The molecule has 1 aromatic rings. The van der Waals surface area contributed by atoms with E-state index in [1.165, 1.54) is 11.3 Å². The van der Waals surface area contributed by atoms with Crippen molar-refractivity contribution >= 4 is 6.08 Å². The van der Waals surface area contributed by atoms with E-state index in [1.807, 2.05) is 10.9 Å². The summed E-state index contributed by atoms with van der Waals surface area (Å²) < 4.78 is 2.03. The van der Waals surface area contributed by atoms with E-state index in [2.05, 4.69) is 64.1 Å². The molecule has 0 atom stereocenters. The van der Waals surface area contributed by atoms with Crippen LogP contribution in [0.1, 0.15) is 47.2 Å². The molecule has 102 valence electrons. The molecule has 3 nitrogen and oxygen atoms in total. The minimum Gasteiger partial charge on any atom is -0.308 e. The van der Waals surface area contributed by atoms with Crippen LogP contribution in [0.5, 0.6) is 0 Å². The molecule has 3 heteroatoms. The highest BCUT2D eigenvalue weighted by molar-refractivity contribution is 5.50. The molecule has 1 aromatic heterocycles. The number of nitrogens with one attached hydrogen (secondary N) is 1. The zero-order valence-electron chi connectivity index (χ0n) is 12.6. The zero-order valence-corrected chi connectivity index (χ0v) is 12.6. The summed E-state index contributed by atoms with van der Waals surface area (Å²) in [6.45, 7) is 15.0. The third-order valence-electron chi connectivity index (χ3n) is 2.95. The Kier molecular flexibility index (Phi) is 5.15. The highest BCUT2D eigenvalue weighted by Crippen LogP contribution is 2.15. The summed E-state index contributed by atoms with van der Waals surface area (Å²) in [5, 5.41) is 7.86. The monoisotopic (exact) mass is 249 g/mol. The van der Waals surface area contributed by atoms with Crippen LogP contribution in [0, 0.1) is 5.92 Å². The highest BCUT2D eigenvalue weighted by Gasteiger charge is 2.12. The molecule has 1 N–H and O–H groups in total. The molecule has 0 bridgehead atoms. The van der Waals surface area contributed by atoms with Gasteiger partial charge in [-0.2, -0.15) is 5.10 Å². The number of hydrogen-bond acceptors (Lipinski definition) is 2. The average molecular weight is 249 g/mol. The van der Waals surface area contributed by atoms with Crippen molar-refractivity contribution in [3.05, 3.63) is 23.5 Å². The van der Waals surface area contributed by atoms with Gasteiger partial charge in [-0.3, -0.25) is 4.68 Å². The van der Waals surface area contributed by atoms with E-state index in [0.717, 1.165) is 13.1 Å². The normalized spacial score (nSPS) is 13.4. The maximum atomic E-state index is 4.31. The Morgan fingerprint density at radius 1 is 1.44 bits per heavy atom. The predicted octanol–water partition coefficient (Wildman–Crippen LogP) is 3.33. The molecule has 1 heterocycles. The standard InChI is InChI=1S/C15H27N3/c1-7-18-14(8-9-17-18)10-13(12(2)3)11-16-15(4,5)6/h8-10,12,16H,7,11H2,1-6H3/b13-10-. The van der Waals surface area contributed by atoms with Crippen LogP contribution in [-0.2, 0) is 6.54 Å². The summed E-state index contributed by atoms with van der Waals surface area (Å²) in [6, 6.07) is 2.07. The third-order valence-corrected chi connectivity index (χ3v) is 2.95. The molecule has 0 aliphatic carbocycles. The maximum Gasteiger partial charge on any atom is 0.0609 e. The van der Waals surface area contributed by atoms with Gasteiger partial charge in [-0.05, 0) is 45.8 Å². The van der Waals surface area contributed by atoms with E-state index in [4.69, 9.17) is 0 Å². The van der Waals surface area contributed by atoms with E-state index < -0.39 is 0 Å². The lowest BCUT2D eigenvalue weighted by Crippen LogP contribution is -2.37. The molecule has 1 rings (SSSR count). The maximum absolute atomic E-state index is 4.31. The second-order valence-corrected chi connectivity index (χ2v) is 6.05. The summed E-state index contributed by atoms with van der Waals surface area (Å²) in [5.74, 6) is 0.542. The molecule has 0 saturated heterocycles. The fraction of sp³-hybridized carbons (Fsp3) is 0.667. The molecular formula is C15H27N3. The van der Waals surface area contributed by atoms with Crippen molar-refractivity contribution in [1.29, 1.82) is 0 Å². The van der Waals surface area contributed by atoms with Crippen molar-refractivity contribution in [1.82, 2.24) is 15.1 Å². The van der Waals surface area contributed by atoms with Crippen LogP contribution < -0.4 is 5.32 Å². The van der Waals surface area contributed by atoms with Gasteiger partial charge in [0.2, 0.25) is 0 Å². The largest absolute Gasteiger partial charge is 0.308 e. The zero-order chi connectivity index (χ0) is 13.8. The summed E-state index contributed by atoms with van der Waals surface area (Å²) in [4.78, 5) is 0. The van der Waals surface area contributed by atoms with Gasteiger partial charge in [-0.25, -0.2) is 0 Å². The number of rotatable bonds is 5. The fourth-order valence-electron chi connectivity index (χ4n) is 1.71. The van der Waals surface area contributed by atoms with Crippen molar-refractivity contribution in [2.75, 3.05) is 6.54 Å². The molecule has 0 fully saturated rings. The van der Waals surface area contributed by atoms with Gasteiger partial charge >= 0.3 is 0 Å². The third kappa shape index (κ3) is 4.65. The first-order valence-electron chi connectivity index (χ1n) is 6.80. The molecule has 18 heavy (non-hydrogen) atoms. The van der Waals surface area contributed by atoms with E-state index >= 15 is 0 Å². The summed E-state index contributed by atoms with van der Waals surface area (Å²) >= 11 is 0. The molecule has 0 aliphatic heterocycles. The lowest BCUT2D eigenvalue weighted by atomic mass is 10.00. The Bertz CT molecular complexity index is 394. The Labute approximate surface area is 111 Å². The van der Waals surface area contributed by atoms with Crippen LogP contribution >= 0.6 is 0 Å². The first-order chi connectivity index (χ1) is 8.33. The smallest absolute Gasteiger partial charge is 0.0609 e. The molecular weight excluding hydrogens is 222 g/mol.